The van der Waals surface area contributed by atoms with Crippen molar-refractivity contribution in [1.29, 1.82) is 0 Å². The molecule has 162 valence electrons. The normalized spacial score (nSPS) is 21.6. The first kappa shape index (κ1) is 22.6. The number of hydrogen-bond acceptors (Lipinski definition) is 2. The summed E-state index contributed by atoms with van der Waals surface area (Å²) in [5, 5.41) is 0. The van der Waals surface area contributed by atoms with E-state index in [9.17, 15) is 4.79 Å². The lowest BCUT2D eigenvalue weighted by Crippen LogP contribution is -2.43. The van der Waals surface area contributed by atoms with Crippen LogP contribution in [0.2, 0.25) is 0 Å². The van der Waals surface area contributed by atoms with Gasteiger partial charge in [-0.2, -0.15) is 0 Å². The Labute approximate surface area is 182 Å². The summed E-state index contributed by atoms with van der Waals surface area (Å²) in [6.07, 6.45) is 3.82. The zero-order valence-corrected chi connectivity index (χ0v) is 19.1. The van der Waals surface area contributed by atoms with Gasteiger partial charge in [-0.25, -0.2) is 0 Å². The summed E-state index contributed by atoms with van der Waals surface area (Å²) in [7, 11) is 0. The fourth-order valence-electron chi connectivity index (χ4n) is 4.59. The number of ether oxygens (including phenoxy) is 1. The highest BCUT2D eigenvalue weighted by atomic mass is 16.5. The Bertz CT molecular complexity index is 799. The van der Waals surface area contributed by atoms with E-state index in [1.54, 1.807) is 0 Å². The van der Waals surface area contributed by atoms with Crippen LogP contribution in [-0.2, 0) is 21.5 Å². The molecule has 1 aliphatic rings. The van der Waals surface area contributed by atoms with Crippen molar-refractivity contribution in [2.24, 2.45) is 5.92 Å². The first-order valence-corrected chi connectivity index (χ1v) is 11.4. The molecule has 0 unspecified atom stereocenters. The average molecular weight is 408 g/mol. The van der Waals surface area contributed by atoms with Crippen molar-refractivity contribution in [3.05, 3.63) is 71.3 Å². The van der Waals surface area contributed by atoms with Crippen LogP contribution in [0.25, 0.3) is 0 Å². The van der Waals surface area contributed by atoms with Crippen molar-refractivity contribution in [3.8, 4) is 0 Å². The molecule has 1 saturated heterocycles. The molecule has 2 atom stereocenters. The highest BCUT2D eigenvalue weighted by molar-refractivity contribution is 5.75. The van der Waals surface area contributed by atoms with Crippen LogP contribution in [0.1, 0.15) is 63.1 Å². The summed E-state index contributed by atoms with van der Waals surface area (Å²) in [5.74, 6) is 0.721. The van der Waals surface area contributed by atoms with Gasteiger partial charge in [-0.05, 0) is 43.2 Å². The van der Waals surface area contributed by atoms with E-state index in [2.05, 4.69) is 57.2 Å². The van der Waals surface area contributed by atoms with Crippen LogP contribution in [0.15, 0.2) is 54.6 Å². The minimum Gasteiger partial charge on any atom is -0.378 e. The third-order valence-corrected chi connectivity index (χ3v) is 6.64. The minimum atomic E-state index is 0.0594. The van der Waals surface area contributed by atoms with Gasteiger partial charge >= 0.3 is 0 Å². The second kappa shape index (κ2) is 10.3. The van der Waals surface area contributed by atoms with Crippen LogP contribution in [-0.4, -0.2) is 30.1 Å². The third kappa shape index (κ3) is 5.51. The highest BCUT2D eigenvalue weighted by Crippen LogP contribution is 2.42. The highest BCUT2D eigenvalue weighted by Gasteiger charge is 2.39. The van der Waals surface area contributed by atoms with Crippen molar-refractivity contribution in [2.45, 2.75) is 71.4 Å². The van der Waals surface area contributed by atoms with Crippen molar-refractivity contribution in [3.63, 3.8) is 0 Å². The number of hydrogen-bond donors (Lipinski definition) is 0. The molecule has 1 amide bonds. The van der Waals surface area contributed by atoms with E-state index in [-0.39, 0.29) is 17.4 Å². The second-order valence-corrected chi connectivity index (χ2v) is 9.16. The summed E-state index contributed by atoms with van der Waals surface area (Å²) in [4.78, 5) is 14.8. The number of aryl methyl sites for hydroxylation is 1. The smallest absolute Gasteiger partial charge is 0.222 e. The van der Waals surface area contributed by atoms with Crippen LogP contribution in [0.3, 0.4) is 0 Å². The zero-order chi connectivity index (χ0) is 21.6. The van der Waals surface area contributed by atoms with Crippen LogP contribution in [0, 0.1) is 12.8 Å². The number of carbonyl (C=O) groups is 1. The Morgan fingerprint density at radius 1 is 1.13 bits per heavy atom. The average Bonchev–Trinajstić information content (AvgIpc) is 2.77. The molecule has 30 heavy (non-hydrogen) atoms. The predicted octanol–water partition coefficient (Wildman–Crippen LogP) is 5.90. The summed E-state index contributed by atoms with van der Waals surface area (Å²) < 4.78 is 6.13. The largest absolute Gasteiger partial charge is 0.378 e. The molecule has 0 radical (unpaired) electrons. The molecule has 0 aromatic heterocycles. The summed E-state index contributed by atoms with van der Waals surface area (Å²) in [6.45, 7) is 10.8. The van der Waals surface area contributed by atoms with E-state index >= 15 is 0 Å². The number of rotatable bonds is 8. The number of nitrogens with zero attached hydrogens (tertiary/aromatic N) is 1. The molecule has 1 fully saturated rings. The van der Waals surface area contributed by atoms with Gasteiger partial charge in [0.1, 0.15) is 0 Å². The Morgan fingerprint density at radius 2 is 1.83 bits per heavy atom. The van der Waals surface area contributed by atoms with Gasteiger partial charge in [0.25, 0.3) is 0 Å². The van der Waals surface area contributed by atoms with Gasteiger partial charge in [-0.3, -0.25) is 4.79 Å². The summed E-state index contributed by atoms with van der Waals surface area (Å²) in [5.41, 5.74) is 3.93. The maximum absolute atomic E-state index is 12.7. The Balaban J connectivity index is 1.84. The quantitative estimate of drug-likeness (QED) is 0.545. The lowest BCUT2D eigenvalue weighted by Gasteiger charge is -2.44. The Morgan fingerprint density at radius 3 is 2.47 bits per heavy atom. The Kier molecular flexibility index (Phi) is 7.71. The lowest BCUT2D eigenvalue weighted by atomic mass is 9.68. The van der Waals surface area contributed by atoms with Crippen molar-refractivity contribution >= 4 is 5.91 Å². The molecule has 3 rings (SSSR count). The molecule has 2 aromatic carbocycles. The van der Waals surface area contributed by atoms with Gasteiger partial charge in [0, 0.05) is 31.5 Å². The lowest BCUT2D eigenvalue weighted by molar-refractivity contribution is -0.132. The van der Waals surface area contributed by atoms with Crippen molar-refractivity contribution in [2.75, 3.05) is 13.2 Å². The zero-order valence-electron chi connectivity index (χ0n) is 19.1. The first-order chi connectivity index (χ1) is 14.4. The molecule has 1 heterocycles. The van der Waals surface area contributed by atoms with Gasteiger partial charge in [-0.1, -0.05) is 80.9 Å². The third-order valence-electron chi connectivity index (χ3n) is 6.64. The van der Waals surface area contributed by atoms with E-state index in [0.29, 0.717) is 18.9 Å². The Hall–Kier alpha value is -2.13. The monoisotopic (exact) mass is 407 g/mol. The molecule has 0 bridgehead atoms. The number of benzene rings is 2. The van der Waals surface area contributed by atoms with Crippen molar-refractivity contribution in [1.82, 2.24) is 4.90 Å². The van der Waals surface area contributed by atoms with E-state index < -0.39 is 0 Å². The van der Waals surface area contributed by atoms with E-state index in [1.165, 1.54) is 16.7 Å². The van der Waals surface area contributed by atoms with Crippen LogP contribution < -0.4 is 0 Å². The van der Waals surface area contributed by atoms with Crippen LogP contribution >= 0.6 is 0 Å². The minimum absolute atomic E-state index is 0.0594. The molecule has 0 spiro atoms. The van der Waals surface area contributed by atoms with Gasteiger partial charge in [-0.15, -0.1) is 0 Å². The molecule has 3 nitrogen and oxygen atoms in total. The van der Waals surface area contributed by atoms with E-state index in [4.69, 9.17) is 4.74 Å². The van der Waals surface area contributed by atoms with Gasteiger partial charge < -0.3 is 9.64 Å². The maximum atomic E-state index is 12.7. The SMILES string of the molecule is CCC(=O)N(CC[C@]1(c2ccc(C)cc2)CCO[C@H](C(C)C)C1)Cc1ccccc1. The van der Waals surface area contributed by atoms with Crippen molar-refractivity contribution < 1.29 is 9.53 Å². The molecule has 0 saturated carbocycles. The molecule has 1 aliphatic heterocycles. The topological polar surface area (TPSA) is 29.5 Å². The van der Waals surface area contributed by atoms with Gasteiger partial charge in [0.05, 0.1) is 6.10 Å². The maximum Gasteiger partial charge on any atom is 0.222 e. The molecular weight excluding hydrogens is 370 g/mol. The standard InChI is InChI=1S/C27H37NO2/c1-5-26(29)28(20-23-9-7-6-8-10-23)17-15-27(24-13-11-22(4)12-14-24)16-18-30-25(19-27)21(2)3/h6-14,21,25H,5,15-20H2,1-4H3/t25-,27-/m0/s1. The van der Waals surface area contributed by atoms with E-state index in [1.807, 2.05) is 30.0 Å². The van der Waals surface area contributed by atoms with Gasteiger partial charge in [0.2, 0.25) is 5.91 Å². The van der Waals surface area contributed by atoms with Crippen LogP contribution in [0.5, 0.6) is 0 Å². The first-order valence-electron chi connectivity index (χ1n) is 11.4. The number of amides is 1. The summed E-state index contributed by atoms with van der Waals surface area (Å²) >= 11 is 0. The fraction of sp³-hybridized carbons (Fsp3) is 0.519. The molecule has 2 aromatic rings. The van der Waals surface area contributed by atoms with Crippen LogP contribution in [0.4, 0.5) is 0 Å². The molecule has 0 aliphatic carbocycles. The second-order valence-electron chi connectivity index (χ2n) is 9.16. The predicted molar refractivity (Wildman–Crippen MR) is 123 cm³/mol. The van der Waals surface area contributed by atoms with E-state index in [0.717, 1.165) is 32.4 Å². The molecule has 0 N–H and O–H groups in total. The molecular formula is C27H37NO2. The van der Waals surface area contributed by atoms with Gasteiger partial charge in [0.15, 0.2) is 0 Å². The fourth-order valence-corrected chi connectivity index (χ4v) is 4.59. The summed E-state index contributed by atoms with van der Waals surface area (Å²) in [6, 6.07) is 19.3. The number of carbonyl (C=O) groups excluding carboxylic acids is 1. The molecule has 3 heteroatoms.